The van der Waals surface area contributed by atoms with Gasteiger partial charge in [0.15, 0.2) is 0 Å². The number of halogens is 4. The van der Waals surface area contributed by atoms with Gasteiger partial charge in [0.2, 0.25) is 0 Å². The molecule has 4 aliphatic heterocycles. The minimum Gasteiger partial charge on any atom is -0.378 e. The van der Waals surface area contributed by atoms with Crippen molar-refractivity contribution in [1.82, 2.24) is 14.3 Å². The van der Waals surface area contributed by atoms with Crippen LogP contribution < -0.4 is 20.0 Å². The first-order valence-corrected chi connectivity index (χ1v) is 23.8. The molecule has 64 heavy (non-hydrogen) atoms. The summed E-state index contributed by atoms with van der Waals surface area (Å²) in [4.78, 5) is 10.8. The molecule has 10 nitrogen and oxygen atoms in total. The van der Waals surface area contributed by atoms with E-state index in [1.165, 1.54) is 50.5 Å². The lowest BCUT2D eigenvalue weighted by molar-refractivity contribution is 0.122. The van der Waals surface area contributed by atoms with Crippen molar-refractivity contribution in [1.29, 1.82) is 0 Å². The largest absolute Gasteiger partial charge is 0.378 e. The molecule has 2 fully saturated rings. The smallest absolute Gasteiger partial charge is 0.268 e. The highest BCUT2D eigenvalue weighted by molar-refractivity contribution is 9.10. The van der Waals surface area contributed by atoms with Gasteiger partial charge in [0.1, 0.15) is 11.6 Å². The Balaban J connectivity index is 0.000000137. The van der Waals surface area contributed by atoms with Crippen molar-refractivity contribution in [3.63, 3.8) is 0 Å². The fraction of sp³-hybridized carbons (Fsp3) is 0.306. The van der Waals surface area contributed by atoms with Crippen molar-refractivity contribution in [2.75, 3.05) is 80.4 Å². The molecule has 0 unspecified atom stereocenters. The summed E-state index contributed by atoms with van der Waals surface area (Å²) in [6.07, 6.45) is 1.55. The first-order valence-electron chi connectivity index (χ1n) is 21.5. The molecule has 0 bridgehead atoms. The second-order valence-electron chi connectivity index (χ2n) is 16.2. The van der Waals surface area contributed by atoms with Gasteiger partial charge in [-0.05, 0) is 110 Å². The van der Waals surface area contributed by atoms with E-state index in [1.54, 1.807) is 36.4 Å². The molecule has 2 N–H and O–H groups in total. The van der Waals surface area contributed by atoms with Crippen molar-refractivity contribution in [3.05, 3.63) is 153 Å². The Bertz CT molecular complexity index is 2810. The minimum absolute atomic E-state index is 0. The molecule has 0 amide bonds. The molecule has 336 valence electrons. The van der Waals surface area contributed by atoms with Crippen molar-refractivity contribution in [2.45, 2.75) is 37.8 Å². The monoisotopic (exact) mass is 972 g/mol. The molecule has 0 spiro atoms. The maximum absolute atomic E-state index is 13.7. The van der Waals surface area contributed by atoms with Gasteiger partial charge in [0, 0.05) is 120 Å². The van der Waals surface area contributed by atoms with Gasteiger partial charge >= 0.3 is 0 Å². The number of H-pyrrole nitrogens is 1. The Hall–Kier alpha value is -4.96. The van der Waals surface area contributed by atoms with E-state index in [-0.39, 0.29) is 28.9 Å². The summed E-state index contributed by atoms with van der Waals surface area (Å²) in [6, 6.07) is 33.3. The van der Waals surface area contributed by atoms with E-state index < -0.39 is 10.0 Å². The summed E-state index contributed by atoms with van der Waals surface area (Å²) in [6.45, 7) is 12.1. The minimum atomic E-state index is -3.73. The maximum atomic E-state index is 13.7. The SMILES string of the molecule is Brc1ccc(N2CCOCC2)cc1.Cc1ccc(S(=O)(=O)n2c3c(c4cc(F)ccc42)CNCC3)cc1.Cl.Fc1ccc2[nH]c3c(c2c1)CN(c1ccc(N2CCOCC2)cc1)CC3. The number of benzene rings is 5. The molecule has 6 heterocycles. The van der Waals surface area contributed by atoms with Gasteiger partial charge in [0.25, 0.3) is 10.0 Å². The van der Waals surface area contributed by atoms with Gasteiger partial charge < -0.3 is 34.5 Å². The zero-order chi connectivity index (χ0) is 43.5. The number of hydrogen-bond acceptors (Lipinski definition) is 8. The summed E-state index contributed by atoms with van der Waals surface area (Å²) >= 11 is 3.43. The van der Waals surface area contributed by atoms with Crippen LogP contribution in [0, 0.1) is 18.6 Å². The Morgan fingerprint density at radius 3 is 1.83 bits per heavy atom. The van der Waals surface area contributed by atoms with Crippen LogP contribution in [-0.4, -0.2) is 83.1 Å². The third kappa shape index (κ3) is 9.82. The number of rotatable bonds is 5. The number of morpholine rings is 2. The molecule has 4 aliphatic rings. The quantitative estimate of drug-likeness (QED) is 0.176. The molecule has 2 saturated heterocycles. The molecule has 5 aromatic carbocycles. The average molecular weight is 974 g/mol. The number of ether oxygens (including phenoxy) is 2. The normalized spacial score (nSPS) is 16.2. The zero-order valence-electron chi connectivity index (χ0n) is 35.7. The maximum Gasteiger partial charge on any atom is 0.268 e. The fourth-order valence-electron chi connectivity index (χ4n) is 8.89. The molecule has 0 radical (unpaired) electrons. The van der Waals surface area contributed by atoms with E-state index in [2.05, 4.69) is 89.5 Å². The highest BCUT2D eigenvalue weighted by Crippen LogP contribution is 2.34. The summed E-state index contributed by atoms with van der Waals surface area (Å²) in [5.74, 6) is -0.535. The lowest BCUT2D eigenvalue weighted by Crippen LogP contribution is -2.36. The van der Waals surface area contributed by atoms with Crippen LogP contribution in [0.1, 0.15) is 28.1 Å². The molecule has 0 atom stereocenters. The topological polar surface area (TPSA) is 95.1 Å². The van der Waals surface area contributed by atoms with Gasteiger partial charge in [-0.15, -0.1) is 12.4 Å². The van der Waals surface area contributed by atoms with Crippen LogP contribution >= 0.6 is 28.3 Å². The lowest BCUT2D eigenvalue weighted by atomic mass is 10.0. The van der Waals surface area contributed by atoms with Gasteiger partial charge in [-0.25, -0.2) is 21.2 Å². The number of fused-ring (bicyclic) bond motifs is 6. The molecular formula is C49H52BrClF2N6O4S. The predicted octanol–water partition coefficient (Wildman–Crippen LogP) is 9.39. The molecule has 11 rings (SSSR count). The van der Waals surface area contributed by atoms with Crippen LogP contribution in [0.3, 0.4) is 0 Å². The number of hydrogen-bond donors (Lipinski definition) is 2. The summed E-state index contributed by atoms with van der Waals surface area (Å²) < 4.78 is 67.1. The average Bonchev–Trinajstić information content (AvgIpc) is 3.85. The number of nitrogens with zero attached hydrogens (tertiary/aromatic N) is 4. The highest BCUT2D eigenvalue weighted by atomic mass is 79.9. The van der Waals surface area contributed by atoms with Crippen molar-refractivity contribution in [3.8, 4) is 0 Å². The van der Waals surface area contributed by atoms with E-state index in [4.69, 9.17) is 9.47 Å². The standard InChI is InChI=1S/C21H22FN3O.C18H17FN2O2S.C10H12BrNO.ClH/c22-15-1-6-20-18(13-15)19-14-25(8-7-21(19)23-20)17-4-2-16(3-5-17)24-9-11-26-12-10-24;1-12-2-5-14(6-3-12)24(22,23)21-17-7-4-13(19)10-15(17)16-11-20-9-8-18(16)21;11-9-1-3-10(4-2-9)12-5-7-13-8-6-12;/h1-6,13,23H,7-12,14H2;2-7,10,20H,8-9,11H2,1H3;1-4H,5-8H2;1H. The fourth-order valence-corrected chi connectivity index (χ4v) is 10.8. The van der Waals surface area contributed by atoms with Crippen LogP contribution in [0.2, 0.25) is 0 Å². The second-order valence-corrected chi connectivity index (χ2v) is 18.9. The van der Waals surface area contributed by atoms with Crippen molar-refractivity contribution < 1.29 is 26.7 Å². The Morgan fingerprint density at radius 2 is 1.20 bits per heavy atom. The Kier molecular flexibility index (Phi) is 14.3. The Morgan fingerprint density at radius 1 is 0.641 bits per heavy atom. The third-order valence-corrected chi connectivity index (χ3v) is 14.5. The van der Waals surface area contributed by atoms with E-state index in [9.17, 15) is 17.2 Å². The van der Waals surface area contributed by atoms with E-state index in [0.29, 0.717) is 30.4 Å². The number of aryl methyl sites for hydroxylation is 1. The van der Waals surface area contributed by atoms with Crippen LogP contribution in [0.4, 0.5) is 25.8 Å². The van der Waals surface area contributed by atoms with Crippen molar-refractivity contribution >= 4 is 77.2 Å². The molecular weight excluding hydrogens is 922 g/mol. The van der Waals surface area contributed by atoms with Crippen LogP contribution in [0.25, 0.3) is 21.8 Å². The number of anilines is 3. The molecule has 0 saturated carbocycles. The van der Waals surface area contributed by atoms with Gasteiger partial charge in [0.05, 0.1) is 36.8 Å². The summed E-state index contributed by atoms with van der Waals surface area (Å²) in [5, 5.41) is 4.90. The Labute approximate surface area is 387 Å². The highest BCUT2D eigenvalue weighted by Gasteiger charge is 2.28. The van der Waals surface area contributed by atoms with Gasteiger partial charge in [-0.1, -0.05) is 33.6 Å². The van der Waals surface area contributed by atoms with Crippen LogP contribution in [0.5, 0.6) is 0 Å². The number of aromatic nitrogens is 2. The summed E-state index contributed by atoms with van der Waals surface area (Å²) in [5.41, 5.74) is 10.4. The van der Waals surface area contributed by atoms with Gasteiger partial charge in [-0.2, -0.15) is 0 Å². The van der Waals surface area contributed by atoms with Crippen LogP contribution in [-0.2, 0) is 45.4 Å². The summed E-state index contributed by atoms with van der Waals surface area (Å²) in [7, 11) is -3.73. The second kappa shape index (κ2) is 20.1. The lowest BCUT2D eigenvalue weighted by Gasteiger charge is -2.31. The molecule has 7 aromatic rings. The van der Waals surface area contributed by atoms with Gasteiger partial charge in [-0.3, -0.25) is 0 Å². The number of nitrogens with one attached hydrogen (secondary N) is 2. The first kappa shape index (κ1) is 45.6. The van der Waals surface area contributed by atoms with Crippen LogP contribution in [0.15, 0.2) is 119 Å². The van der Waals surface area contributed by atoms with E-state index >= 15 is 0 Å². The number of aromatic amines is 1. The molecule has 15 heteroatoms. The van der Waals surface area contributed by atoms with Crippen molar-refractivity contribution in [2.24, 2.45) is 0 Å². The molecule has 0 aliphatic carbocycles. The van der Waals surface area contributed by atoms with E-state index in [0.717, 1.165) is 104 Å². The van der Waals surface area contributed by atoms with E-state index in [1.807, 2.05) is 13.0 Å². The predicted molar refractivity (Wildman–Crippen MR) is 258 cm³/mol. The zero-order valence-corrected chi connectivity index (χ0v) is 38.9. The first-order chi connectivity index (χ1) is 30.6. The third-order valence-electron chi connectivity index (χ3n) is 12.2. The molecule has 2 aromatic heterocycles.